The Morgan fingerprint density at radius 2 is 2.00 bits per heavy atom. The number of nitrogens with zero attached hydrogens (tertiary/aromatic N) is 1. The van der Waals surface area contributed by atoms with Gasteiger partial charge in [0.05, 0.1) is 5.41 Å². The Kier molecular flexibility index (Phi) is 5.07. The number of hydrogen-bond donors (Lipinski definition) is 1. The predicted molar refractivity (Wildman–Crippen MR) is 93.8 cm³/mol. The summed E-state index contributed by atoms with van der Waals surface area (Å²) in [4.78, 5) is 10.5. The summed E-state index contributed by atoms with van der Waals surface area (Å²) >= 11 is 2.37. The molecular weight excluding hydrogens is 377 g/mol. The monoisotopic (exact) mass is 400 g/mol. The molecule has 4 heteroatoms. The van der Waals surface area contributed by atoms with Crippen LogP contribution in [0, 0.1) is 3.57 Å². The number of carboxylic acid groups (broad SMARTS) is 1. The summed E-state index contributed by atoms with van der Waals surface area (Å²) in [6, 6.07) is 6.65. The smallest absolute Gasteiger partial charge is 0.303 e. The maximum Gasteiger partial charge on any atom is 0.303 e. The molecule has 1 heterocycles. The predicted octanol–water partition coefficient (Wildman–Crippen LogP) is 4.33. The molecule has 0 spiro atoms. The molecule has 1 aliphatic heterocycles. The molecule has 0 fully saturated rings. The first kappa shape index (κ1) is 16.5. The Bertz CT molecular complexity index is 590. The van der Waals surface area contributed by atoms with Crippen molar-refractivity contribution in [3.63, 3.8) is 0 Å². The fourth-order valence-corrected chi connectivity index (χ4v) is 3.46. The molecule has 0 atom stereocenters. The quantitative estimate of drug-likeness (QED) is 0.439. The van der Waals surface area contributed by atoms with Crippen molar-refractivity contribution in [1.82, 2.24) is 0 Å². The minimum atomic E-state index is -0.694. The number of aliphatic carboxylic acids is 1. The van der Waals surface area contributed by atoms with Crippen LogP contribution in [0.2, 0.25) is 0 Å². The van der Waals surface area contributed by atoms with Crippen LogP contribution < -0.4 is 0 Å². The largest absolute Gasteiger partial charge is 0.481 e. The lowest BCUT2D eigenvalue weighted by Crippen LogP contribution is -2.26. The van der Waals surface area contributed by atoms with E-state index in [9.17, 15) is 4.79 Å². The van der Waals surface area contributed by atoms with Gasteiger partial charge in [-0.05, 0) is 61.4 Å². The second-order valence-corrected chi connectivity index (χ2v) is 7.47. The minimum absolute atomic E-state index is 0.0809. The van der Waals surface area contributed by atoms with E-state index < -0.39 is 5.97 Å². The van der Waals surface area contributed by atoms with Gasteiger partial charge in [0, 0.05) is 35.0 Å². The zero-order valence-corrected chi connectivity index (χ0v) is 15.1. The van der Waals surface area contributed by atoms with E-state index in [2.05, 4.69) is 66.1 Å². The molecule has 114 valence electrons. The Morgan fingerprint density at radius 1 is 1.29 bits per heavy atom. The van der Waals surface area contributed by atoms with Crippen molar-refractivity contribution in [2.75, 3.05) is 6.54 Å². The molecule has 0 saturated carbocycles. The Balaban J connectivity index is 2.09. The highest BCUT2D eigenvalue weighted by Gasteiger charge is 2.42. The first-order chi connectivity index (χ1) is 9.84. The summed E-state index contributed by atoms with van der Waals surface area (Å²) in [6.45, 7) is 7.75. The molecule has 0 bridgehead atoms. The van der Waals surface area contributed by atoms with Gasteiger partial charge in [0.15, 0.2) is 5.71 Å². The summed E-state index contributed by atoms with van der Waals surface area (Å²) in [6.07, 6.45) is 3.05. The fraction of sp³-hybridized carbons (Fsp3) is 0.529. The van der Waals surface area contributed by atoms with Crippen molar-refractivity contribution in [3.05, 3.63) is 27.3 Å². The third-order valence-corrected chi connectivity index (χ3v) is 5.18. The molecule has 0 amide bonds. The van der Waals surface area contributed by atoms with Crippen LogP contribution in [0.5, 0.6) is 0 Å². The molecular formula is C17H23INO2+. The number of fused-ring (bicyclic) bond motifs is 1. The van der Waals surface area contributed by atoms with E-state index in [-0.39, 0.29) is 11.8 Å². The van der Waals surface area contributed by atoms with Crippen LogP contribution in [0.15, 0.2) is 18.2 Å². The van der Waals surface area contributed by atoms with Gasteiger partial charge in [0.25, 0.3) is 0 Å². The zero-order chi connectivity index (χ0) is 15.6. The zero-order valence-electron chi connectivity index (χ0n) is 12.9. The minimum Gasteiger partial charge on any atom is -0.481 e. The number of unbranched alkanes of at least 4 members (excludes halogenated alkanes) is 2. The molecule has 1 N–H and O–H groups in total. The van der Waals surface area contributed by atoms with E-state index >= 15 is 0 Å². The van der Waals surface area contributed by atoms with E-state index in [4.69, 9.17) is 5.11 Å². The summed E-state index contributed by atoms with van der Waals surface area (Å²) in [7, 11) is 0. The van der Waals surface area contributed by atoms with Gasteiger partial charge in [-0.2, -0.15) is 4.58 Å². The summed E-state index contributed by atoms with van der Waals surface area (Å²) < 4.78 is 3.68. The highest BCUT2D eigenvalue weighted by atomic mass is 127. The van der Waals surface area contributed by atoms with Crippen LogP contribution in [0.3, 0.4) is 0 Å². The molecule has 0 saturated heterocycles. The molecule has 0 unspecified atom stereocenters. The van der Waals surface area contributed by atoms with Crippen molar-refractivity contribution in [2.24, 2.45) is 0 Å². The number of rotatable bonds is 6. The van der Waals surface area contributed by atoms with Crippen LogP contribution >= 0.6 is 22.6 Å². The highest BCUT2D eigenvalue weighted by molar-refractivity contribution is 14.1. The van der Waals surface area contributed by atoms with Crippen molar-refractivity contribution >= 4 is 40.0 Å². The maximum absolute atomic E-state index is 10.5. The molecule has 1 aromatic carbocycles. The van der Waals surface area contributed by atoms with E-state index in [0.29, 0.717) is 0 Å². The Morgan fingerprint density at radius 3 is 2.67 bits per heavy atom. The number of halogens is 1. The average molecular weight is 400 g/mol. The van der Waals surface area contributed by atoms with Gasteiger partial charge in [0.1, 0.15) is 6.54 Å². The maximum atomic E-state index is 10.5. The van der Waals surface area contributed by atoms with Gasteiger partial charge in [0.2, 0.25) is 5.69 Å². The van der Waals surface area contributed by atoms with Gasteiger partial charge in [-0.1, -0.05) is 0 Å². The topological polar surface area (TPSA) is 40.3 Å². The normalized spacial score (nSPS) is 16.2. The van der Waals surface area contributed by atoms with Crippen molar-refractivity contribution in [2.45, 2.75) is 51.9 Å². The van der Waals surface area contributed by atoms with Crippen LogP contribution in [-0.4, -0.2) is 27.9 Å². The third-order valence-electron chi connectivity index (χ3n) is 4.50. The molecule has 2 rings (SSSR count). The van der Waals surface area contributed by atoms with Gasteiger partial charge < -0.3 is 5.11 Å². The number of hydrogen-bond acceptors (Lipinski definition) is 1. The number of carboxylic acids is 1. The molecule has 0 radical (unpaired) electrons. The van der Waals surface area contributed by atoms with Crippen LogP contribution in [-0.2, 0) is 10.2 Å². The molecule has 0 aromatic heterocycles. The first-order valence-corrected chi connectivity index (χ1v) is 8.55. The lowest BCUT2D eigenvalue weighted by molar-refractivity contribution is -0.439. The van der Waals surface area contributed by atoms with Crippen molar-refractivity contribution in [1.29, 1.82) is 0 Å². The molecule has 1 aromatic rings. The summed E-state index contributed by atoms with van der Waals surface area (Å²) in [5, 5.41) is 8.68. The average Bonchev–Trinajstić information content (AvgIpc) is 2.59. The molecule has 1 aliphatic rings. The van der Waals surface area contributed by atoms with E-state index in [1.807, 2.05) is 0 Å². The van der Waals surface area contributed by atoms with Gasteiger partial charge in [-0.3, -0.25) is 4.79 Å². The van der Waals surface area contributed by atoms with E-state index in [1.165, 1.54) is 20.5 Å². The van der Waals surface area contributed by atoms with E-state index in [0.717, 1.165) is 25.8 Å². The summed E-state index contributed by atoms with van der Waals surface area (Å²) in [5.74, 6) is -0.694. The highest BCUT2D eigenvalue weighted by Crippen LogP contribution is 2.40. The van der Waals surface area contributed by atoms with Crippen molar-refractivity contribution in [3.8, 4) is 0 Å². The third kappa shape index (κ3) is 3.47. The van der Waals surface area contributed by atoms with Crippen LogP contribution in [0.25, 0.3) is 0 Å². The lowest BCUT2D eigenvalue weighted by atomic mass is 9.82. The number of benzene rings is 1. The lowest BCUT2D eigenvalue weighted by Gasteiger charge is -2.14. The van der Waals surface area contributed by atoms with Gasteiger partial charge in [-0.15, -0.1) is 0 Å². The van der Waals surface area contributed by atoms with Crippen molar-refractivity contribution < 1.29 is 14.5 Å². The second-order valence-electron chi connectivity index (χ2n) is 6.23. The first-order valence-electron chi connectivity index (χ1n) is 7.47. The molecule has 3 nitrogen and oxygen atoms in total. The second kappa shape index (κ2) is 6.46. The molecule has 0 aliphatic carbocycles. The fourth-order valence-electron chi connectivity index (χ4n) is 2.97. The summed E-state index contributed by atoms with van der Waals surface area (Å²) in [5.41, 5.74) is 4.18. The Hall–Kier alpha value is -0.910. The van der Waals surface area contributed by atoms with E-state index in [1.54, 1.807) is 0 Å². The standard InChI is InChI=1S/C17H22INO2/c1-12-17(2,3)14-11-13(18)8-9-15(14)19(12)10-6-4-5-7-16(20)21/h8-9,11H,4-7,10H2,1-3H3/p+1. The number of carbonyl (C=O) groups is 1. The van der Waals surface area contributed by atoms with Gasteiger partial charge in [-0.25, -0.2) is 0 Å². The van der Waals surface area contributed by atoms with Crippen LogP contribution in [0.4, 0.5) is 5.69 Å². The van der Waals surface area contributed by atoms with Gasteiger partial charge >= 0.3 is 5.97 Å². The Labute approximate surface area is 140 Å². The SMILES string of the molecule is CC1=[N+](CCCCCC(=O)O)c2ccc(I)cc2C1(C)C. The molecule has 21 heavy (non-hydrogen) atoms. The van der Waals surface area contributed by atoms with Crippen LogP contribution in [0.1, 0.15) is 52.0 Å².